The van der Waals surface area contributed by atoms with E-state index < -0.39 is 12.0 Å². The third-order valence-corrected chi connectivity index (χ3v) is 5.66. The van der Waals surface area contributed by atoms with E-state index in [1.807, 2.05) is 0 Å². The standard InChI is InChI=1S/C19H31N3O5/c1-13(23)20-18(15-6-3-4-7-15)19(27)21-10-5-8-16(9-11-21)22(14(2)24)12-17(25)26/h15-16,18H,3-12H2,1-2H3,(H,20,23)(H,25,26). The lowest BCUT2D eigenvalue weighted by molar-refractivity contribution is -0.145. The first-order valence-electron chi connectivity index (χ1n) is 9.84. The first-order chi connectivity index (χ1) is 12.8. The van der Waals surface area contributed by atoms with E-state index in [0.717, 1.165) is 25.7 Å². The zero-order valence-corrected chi connectivity index (χ0v) is 16.3. The predicted octanol–water partition coefficient (Wildman–Crippen LogP) is 0.996. The Morgan fingerprint density at radius 1 is 1.04 bits per heavy atom. The Morgan fingerprint density at radius 3 is 2.26 bits per heavy atom. The SMILES string of the molecule is CC(=O)NC(C(=O)N1CCCC(N(CC(=O)O)C(C)=O)CC1)C1CCCC1. The van der Waals surface area contributed by atoms with Crippen molar-refractivity contribution in [1.29, 1.82) is 0 Å². The predicted molar refractivity (Wildman–Crippen MR) is 98.8 cm³/mol. The van der Waals surface area contributed by atoms with Gasteiger partial charge in [0, 0.05) is 33.0 Å². The van der Waals surface area contributed by atoms with Crippen LogP contribution in [-0.4, -0.2) is 70.3 Å². The van der Waals surface area contributed by atoms with Gasteiger partial charge in [0.1, 0.15) is 12.6 Å². The summed E-state index contributed by atoms with van der Waals surface area (Å²) in [6.45, 7) is 3.53. The van der Waals surface area contributed by atoms with E-state index in [-0.39, 0.29) is 36.2 Å². The minimum Gasteiger partial charge on any atom is -0.480 e. The summed E-state index contributed by atoms with van der Waals surface area (Å²) in [6, 6.07) is -0.661. The first kappa shape index (κ1) is 21.2. The van der Waals surface area contributed by atoms with E-state index in [0.29, 0.717) is 32.4 Å². The van der Waals surface area contributed by atoms with Crippen LogP contribution < -0.4 is 5.32 Å². The minimum atomic E-state index is -1.03. The molecular weight excluding hydrogens is 350 g/mol. The first-order valence-corrected chi connectivity index (χ1v) is 9.84. The molecule has 8 nitrogen and oxygen atoms in total. The lowest BCUT2D eigenvalue weighted by Crippen LogP contribution is -2.51. The average molecular weight is 381 g/mol. The smallest absolute Gasteiger partial charge is 0.323 e. The summed E-state index contributed by atoms with van der Waals surface area (Å²) in [5, 5.41) is 11.9. The lowest BCUT2D eigenvalue weighted by atomic mass is 9.96. The number of amides is 3. The fourth-order valence-electron chi connectivity index (χ4n) is 4.34. The van der Waals surface area contributed by atoms with Gasteiger partial charge in [0.25, 0.3) is 0 Å². The molecule has 152 valence electrons. The van der Waals surface area contributed by atoms with E-state index in [1.165, 1.54) is 18.7 Å². The number of carbonyl (C=O) groups is 4. The molecule has 0 radical (unpaired) electrons. The maximum absolute atomic E-state index is 13.1. The maximum Gasteiger partial charge on any atom is 0.323 e. The fourth-order valence-corrected chi connectivity index (χ4v) is 4.34. The maximum atomic E-state index is 13.1. The van der Waals surface area contributed by atoms with E-state index >= 15 is 0 Å². The number of rotatable bonds is 6. The number of nitrogens with zero attached hydrogens (tertiary/aromatic N) is 2. The Bertz CT molecular complexity index is 574. The van der Waals surface area contributed by atoms with Crippen LogP contribution in [0.25, 0.3) is 0 Å². The number of carboxylic acids is 1. The molecule has 8 heteroatoms. The number of likely N-dealkylation sites (tertiary alicyclic amines) is 1. The molecular formula is C19H31N3O5. The van der Waals surface area contributed by atoms with Gasteiger partial charge in [-0.1, -0.05) is 12.8 Å². The molecule has 2 fully saturated rings. The summed E-state index contributed by atoms with van der Waals surface area (Å²) in [5.74, 6) is -1.36. The van der Waals surface area contributed by atoms with Gasteiger partial charge >= 0.3 is 5.97 Å². The van der Waals surface area contributed by atoms with Crippen molar-refractivity contribution in [3.8, 4) is 0 Å². The van der Waals surface area contributed by atoms with Gasteiger partial charge in [-0.3, -0.25) is 19.2 Å². The zero-order chi connectivity index (χ0) is 20.0. The van der Waals surface area contributed by atoms with Crippen molar-refractivity contribution in [3.63, 3.8) is 0 Å². The quantitative estimate of drug-likeness (QED) is 0.714. The Hall–Kier alpha value is -2.12. The minimum absolute atomic E-state index is 0.0506. The number of nitrogens with one attached hydrogen (secondary N) is 1. The molecule has 0 bridgehead atoms. The van der Waals surface area contributed by atoms with Crippen molar-refractivity contribution in [2.24, 2.45) is 5.92 Å². The molecule has 1 aliphatic heterocycles. The van der Waals surface area contributed by atoms with Crippen molar-refractivity contribution < 1.29 is 24.3 Å². The van der Waals surface area contributed by atoms with Gasteiger partial charge in [-0.15, -0.1) is 0 Å². The Kier molecular flexibility index (Phi) is 7.62. The van der Waals surface area contributed by atoms with Crippen LogP contribution in [0.4, 0.5) is 0 Å². The molecule has 2 aliphatic rings. The Morgan fingerprint density at radius 2 is 1.70 bits per heavy atom. The van der Waals surface area contributed by atoms with Crippen molar-refractivity contribution in [2.75, 3.05) is 19.6 Å². The topological polar surface area (TPSA) is 107 Å². The molecule has 2 rings (SSSR count). The molecule has 1 saturated carbocycles. The highest BCUT2D eigenvalue weighted by atomic mass is 16.4. The van der Waals surface area contributed by atoms with Crippen LogP contribution in [0.15, 0.2) is 0 Å². The molecule has 1 saturated heterocycles. The second kappa shape index (κ2) is 9.71. The Balaban J connectivity index is 2.04. The number of carbonyl (C=O) groups excluding carboxylic acids is 3. The van der Waals surface area contributed by atoms with E-state index in [1.54, 1.807) is 4.90 Å². The number of carboxylic acid groups (broad SMARTS) is 1. The molecule has 3 amide bonds. The van der Waals surface area contributed by atoms with Gasteiger partial charge in [-0.05, 0) is 38.0 Å². The van der Waals surface area contributed by atoms with Crippen LogP contribution in [0.1, 0.15) is 58.8 Å². The van der Waals surface area contributed by atoms with Crippen molar-refractivity contribution in [2.45, 2.75) is 70.9 Å². The van der Waals surface area contributed by atoms with Gasteiger partial charge < -0.3 is 20.2 Å². The highest BCUT2D eigenvalue weighted by molar-refractivity contribution is 5.87. The average Bonchev–Trinajstić information content (AvgIpc) is 3.01. The lowest BCUT2D eigenvalue weighted by Gasteiger charge is -2.31. The van der Waals surface area contributed by atoms with Crippen LogP contribution in [-0.2, 0) is 19.2 Å². The van der Waals surface area contributed by atoms with Crippen LogP contribution in [0, 0.1) is 5.92 Å². The monoisotopic (exact) mass is 381 g/mol. The molecule has 1 heterocycles. The molecule has 2 atom stereocenters. The van der Waals surface area contributed by atoms with Gasteiger partial charge in [0.2, 0.25) is 17.7 Å². The summed E-state index contributed by atoms with van der Waals surface area (Å²) in [4.78, 5) is 50.8. The fraction of sp³-hybridized carbons (Fsp3) is 0.789. The van der Waals surface area contributed by atoms with Crippen LogP contribution in [0.5, 0.6) is 0 Å². The summed E-state index contributed by atoms with van der Waals surface area (Å²) in [5.41, 5.74) is 0. The van der Waals surface area contributed by atoms with Gasteiger partial charge in [-0.2, -0.15) is 0 Å². The molecule has 1 aliphatic carbocycles. The highest BCUT2D eigenvalue weighted by Crippen LogP contribution is 2.29. The summed E-state index contributed by atoms with van der Waals surface area (Å²) in [7, 11) is 0. The highest BCUT2D eigenvalue weighted by Gasteiger charge is 2.35. The summed E-state index contributed by atoms with van der Waals surface area (Å²) < 4.78 is 0. The van der Waals surface area contributed by atoms with Gasteiger partial charge in [0.15, 0.2) is 0 Å². The normalized spacial score (nSPS) is 22.0. The van der Waals surface area contributed by atoms with Gasteiger partial charge in [0.05, 0.1) is 0 Å². The van der Waals surface area contributed by atoms with E-state index in [4.69, 9.17) is 5.11 Å². The Labute approximate surface area is 160 Å². The van der Waals surface area contributed by atoms with Gasteiger partial charge in [-0.25, -0.2) is 0 Å². The third kappa shape index (κ3) is 5.94. The zero-order valence-electron chi connectivity index (χ0n) is 16.3. The van der Waals surface area contributed by atoms with Crippen molar-refractivity contribution in [3.05, 3.63) is 0 Å². The molecule has 2 unspecified atom stereocenters. The molecule has 0 spiro atoms. The van der Waals surface area contributed by atoms with E-state index in [9.17, 15) is 19.2 Å². The number of aliphatic carboxylic acids is 1. The number of hydrogen-bond donors (Lipinski definition) is 2. The molecule has 0 aromatic heterocycles. The second-order valence-corrected chi connectivity index (χ2v) is 7.67. The summed E-state index contributed by atoms with van der Waals surface area (Å²) >= 11 is 0. The largest absolute Gasteiger partial charge is 0.480 e. The third-order valence-electron chi connectivity index (χ3n) is 5.66. The van der Waals surface area contributed by atoms with Crippen LogP contribution in [0.2, 0.25) is 0 Å². The number of hydrogen-bond acceptors (Lipinski definition) is 4. The second-order valence-electron chi connectivity index (χ2n) is 7.67. The van der Waals surface area contributed by atoms with Crippen LogP contribution in [0.3, 0.4) is 0 Å². The molecule has 2 N–H and O–H groups in total. The van der Waals surface area contributed by atoms with Crippen LogP contribution >= 0.6 is 0 Å². The van der Waals surface area contributed by atoms with Crippen molar-refractivity contribution in [1.82, 2.24) is 15.1 Å². The molecule has 27 heavy (non-hydrogen) atoms. The summed E-state index contributed by atoms with van der Waals surface area (Å²) in [6.07, 6.45) is 5.99. The molecule has 0 aromatic rings. The van der Waals surface area contributed by atoms with Crippen molar-refractivity contribution >= 4 is 23.7 Å². The molecule has 0 aromatic carbocycles. The van der Waals surface area contributed by atoms with E-state index in [2.05, 4.69) is 5.32 Å².